The molecule has 2 rings (SSSR count). The average molecular weight is 353 g/mol. The number of aromatic nitrogens is 1. The first-order chi connectivity index (χ1) is 12.1. The predicted octanol–water partition coefficient (Wildman–Crippen LogP) is 4.24. The Hall–Kier alpha value is -2.78. The summed E-state index contributed by atoms with van der Waals surface area (Å²) in [5, 5.41) is 13.0. The number of carbonyl (C=O) groups excluding carboxylic acids is 1. The first kappa shape index (κ1) is 18.6. The number of benzene rings is 1. The normalized spacial score (nSPS) is 10.5. The SMILES string of the molecule is CCOC(=O)c1cc(C#N)c(SC)nc1/C=C/Nc1ccc(C)cc1. The van der Waals surface area contributed by atoms with Crippen molar-refractivity contribution in [1.29, 1.82) is 5.26 Å². The summed E-state index contributed by atoms with van der Waals surface area (Å²) in [7, 11) is 0. The molecule has 0 aliphatic rings. The molecule has 0 bridgehead atoms. The molecular weight excluding hydrogens is 334 g/mol. The highest BCUT2D eigenvalue weighted by Gasteiger charge is 2.16. The Morgan fingerprint density at radius 2 is 2.12 bits per heavy atom. The number of carbonyl (C=O) groups is 1. The first-order valence-electron chi connectivity index (χ1n) is 7.75. The molecule has 0 amide bonds. The van der Waals surface area contributed by atoms with E-state index in [1.165, 1.54) is 23.4 Å². The average Bonchev–Trinajstić information content (AvgIpc) is 2.63. The van der Waals surface area contributed by atoms with Gasteiger partial charge in [-0.25, -0.2) is 9.78 Å². The molecule has 1 heterocycles. The van der Waals surface area contributed by atoms with Crippen LogP contribution in [0.2, 0.25) is 0 Å². The van der Waals surface area contributed by atoms with E-state index in [0.717, 1.165) is 5.69 Å². The fourth-order valence-electron chi connectivity index (χ4n) is 2.11. The molecule has 0 saturated carbocycles. The minimum absolute atomic E-state index is 0.260. The number of hydrogen-bond acceptors (Lipinski definition) is 6. The molecule has 0 fully saturated rings. The Labute approximate surface area is 151 Å². The van der Waals surface area contributed by atoms with Crippen LogP contribution in [0.1, 0.15) is 34.1 Å². The zero-order valence-electron chi connectivity index (χ0n) is 14.4. The van der Waals surface area contributed by atoms with E-state index < -0.39 is 5.97 Å². The number of pyridine rings is 1. The predicted molar refractivity (Wildman–Crippen MR) is 101 cm³/mol. The van der Waals surface area contributed by atoms with E-state index in [-0.39, 0.29) is 12.2 Å². The summed E-state index contributed by atoms with van der Waals surface area (Å²) >= 11 is 1.36. The molecule has 1 N–H and O–H groups in total. The molecule has 0 saturated heterocycles. The zero-order valence-corrected chi connectivity index (χ0v) is 15.2. The second-order valence-corrected chi connectivity index (χ2v) is 5.95. The number of nitriles is 1. The molecule has 0 unspecified atom stereocenters. The highest BCUT2D eigenvalue weighted by atomic mass is 32.2. The van der Waals surface area contributed by atoms with E-state index >= 15 is 0 Å². The number of nitrogens with zero attached hydrogens (tertiary/aromatic N) is 2. The van der Waals surface area contributed by atoms with E-state index in [1.807, 2.05) is 37.4 Å². The Bertz CT molecular complexity index is 824. The second kappa shape index (κ2) is 8.90. The number of hydrogen-bond donors (Lipinski definition) is 1. The van der Waals surface area contributed by atoms with Crippen LogP contribution in [0, 0.1) is 18.3 Å². The summed E-state index contributed by atoms with van der Waals surface area (Å²) in [6.45, 7) is 4.02. The topological polar surface area (TPSA) is 75.0 Å². The largest absolute Gasteiger partial charge is 0.462 e. The summed E-state index contributed by atoms with van der Waals surface area (Å²) in [5.74, 6) is -0.492. The van der Waals surface area contributed by atoms with Crippen molar-refractivity contribution < 1.29 is 9.53 Å². The van der Waals surface area contributed by atoms with Gasteiger partial charge in [0.05, 0.1) is 23.4 Å². The maximum absolute atomic E-state index is 12.2. The lowest BCUT2D eigenvalue weighted by Gasteiger charge is -2.08. The van der Waals surface area contributed by atoms with E-state index in [0.29, 0.717) is 16.3 Å². The molecule has 25 heavy (non-hydrogen) atoms. The second-order valence-electron chi connectivity index (χ2n) is 5.15. The molecule has 1 aromatic heterocycles. The van der Waals surface area contributed by atoms with E-state index in [9.17, 15) is 10.1 Å². The van der Waals surface area contributed by atoms with Gasteiger partial charge in [0.2, 0.25) is 0 Å². The summed E-state index contributed by atoms with van der Waals surface area (Å²) in [6.07, 6.45) is 5.25. The number of anilines is 1. The monoisotopic (exact) mass is 353 g/mol. The third kappa shape index (κ3) is 4.85. The number of thioether (sulfide) groups is 1. The Morgan fingerprint density at radius 3 is 2.72 bits per heavy atom. The van der Waals surface area contributed by atoms with Crippen LogP contribution in [0.3, 0.4) is 0 Å². The molecule has 5 nitrogen and oxygen atoms in total. The van der Waals surface area contributed by atoms with Crippen LogP contribution in [-0.2, 0) is 4.74 Å². The van der Waals surface area contributed by atoms with Gasteiger partial charge in [0.25, 0.3) is 0 Å². The van der Waals surface area contributed by atoms with Crippen molar-refractivity contribution in [3.8, 4) is 6.07 Å². The number of esters is 1. The molecule has 0 aliphatic heterocycles. The Morgan fingerprint density at radius 1 is 1.40 bits per heavy atom. The van der Waals surface area contributed by atoms with Gasteiger partial charge in [0.1, 0.15) is 11.1 Å². The number of ether oxygens (including phenoxy) is 1. The quantitative estimate of drug-likeness (QED) is 0.618. The van der Waals surface area contributed by atoms with Gasteiger partial charge in [0.15, 0.2) is 0 Å². The fourth-order valence-corrected chi connectivity index (χ4v) is 2.63. The molecule has 1 aromatic carbocycles. The van der Waals surface area contributed by atoms with E-state index in [1.54, 1.807) is 19.2 Å². The van der Waals surface area contributed by atoms with Crippen LogP contribution in [0.4, 0.5) is 5.69 Å². The summed E-state index contributed by atoms with van der Waals surface area (Å²) in [6, 6.07) is 11.5. The maximum atomic E-state index is 12.2. The highest BCUT2D eigenvalue weighted by molar-refractivity contribution is 7.98. The van der Waals surface area contributed by atoms with E-state index in [4.69, 9.17) is 4.74 Å². The van der Waals surface area contributed by atoms with Gasteiger partial charge < -0.3 is 10.1 Å². The smallest absolute Gasteiger partial charge is 0.340 e. The maximum Gasteiger partial charge on any atom is 0.340 e. The lowest BCUT2D eigenvalue weighted by molar-refractivity contribution is 0.0525. The Kier molecular flexibility index (Phi) is 6.61. The molecule has 0 radical (unpaired) electrons. The van der Waals surface area contributed by atoms with Gasteiger partial charge in [0, 0.05) is 11.9 Å². The lowest BCUT2D eigenvalue weighted by Crippen LogP contribution is -2.09. The third-order valence-corrected chi connectivity index (χ3v) is 4.07. The molecule has 0 aliphatic carbocycles. The highest BCUT2D eigenvalue weighted by Crippen LogP contribution is 2.22. The van der Waals surface area contributed by atoms with Gasteiger partial charge >= 0.3 is 5.97 Å². The molecular formula is C19H19N3O2S. The van der Waals surface area contributed by atoms with Crippen LogP contribution in [-0.4, -0.2) is 23.8 Å². The van der Waals surface area contributed by atoms with Crippen molar-refractivity contribution >= 4 is 29.5 Å². The van der Waals surface area contributed by atoms with Gasteiger partial charge in [-0.3, -0.25) is 0 Å². The number of rotatable bonds is 6. The number of nitrogens with one attached hydrogen (secondary N) is 1. The van der Waals surface area contributed by atoms with Crippen molar-refractivity contribution in [3.63, 3.8) is 0 Å². The minimum Gasteiger partial charge on any atom is -0.462 e. The summed E-state index contributed by atoms with van der Waals surface area (Å²) in [5.41, 5.74) is 3.20. The zero-order chi connectivity index (χ0) is 18.2. The van der Waals surface area contributed by atoms with Gasteiger partial charge in [-0.05, 0) is 44.4 Å². The van der Waals surface area contributed by atoms with Gasteiger partial charge in [-0.2, -0.15) is 5.26 Å². The van der Waals surface area contributed by atoms with Crippen LogP contribution >= 0.6 is 11.8 Å². The standard InChI is InChI=1S/C19H19N3O2S/c1-4-24-19(23)16-11-14(12-20)18(25-3)22-17(16)9-10-21-15-7-5-13(2)6-8-15/h5-11,21H,4H2,1-3H3/b10-9+. The summed E-state index contributed by atoms with van der Waals surface area (Å²) < 4.78 is 5.07. The lowest BCUT2D eigenvalue weighted by atomic mass is 10.1. The summed E-state index contributed by atoms with van der Waals surface area (Å²) in [4.78, 5) is 16.6. The number of aryl methyl sites for hydroxylation is 1. The van der Waals surface area contributed by atoms with Crippen molar-refractivity contribution in [2.24, 2.45) is 0 Å². The minimum atomic E-state index is -0.492. The van der Waals surface area contributed by atoms with Crippen LogP contribution in [0.5, 0.6) is 0 Å². The van der Waals surface area contributed by atoms with Crippen LogP contribution < -0.4 is 5.32 Å². The van der Waals surface area contributed by atoms with Crippen molar-refractivity contribution in [3.05, 3.63) is 58.9 Å². The third-order valence-electron chi connectivity index (χ3n) is 3.37. The van der Waals surface area contributed by atoms with Crippen molar-refractivity contribution in [2.75, 3.05) is 18.2 Å². The van der Waals surface area contributed by atoms with Crippen LogP contribution in [0.25, 0.3) is 6.08 Å². The van der Waals surface area contributed by atoms with Crippen molar-refractivity contribution in [2.45, 2.75) is 18.9 Å². The fraction of sp³-hybridized carbons (Fsp3) is 0.211. The van der Waals surface area contributed by atoms with Crippen LogP contribution in [0.15, 0.2) is 41.6 Å². The Balaban J connectivity index is 2.33. The molecule has 0 atom stereocenters. The first-order valence-corrected chi connectivity index (χ1v) is 8.97. The molecule has 0 spiro atoms. The van der Waals surface area contributed by atoms with Gasteiger partial charge in [-0.1, -0.05) is 17.7 Å². The van der Waals surface area contributed by atoms with Gasteiger partial charge in [-0.15, -0.1) is 11.8 Å². The van der Waals surface area contributed by atoms with Crippen molar-refractivity contribution in [1.82, 2.24) is 4.98 Å². The van der Waals surface area contributed by atoms with E-state index in [2.05, 4.69) is 16.4 Å². The molecule has 2 aromatic rings. The molecule has 128 valence electrons. The molecule has 6 heteroatoms.